The highest BCUT2D eigenvalue weighted by Gasteiger charge is 2.39. The minimum Gasteiger partial charge on any atom is -0.475 e. The smallest absolute Gasteiger partial charge is 0.281 e. The van der Waals surface area contributed by atoms with Crippen molar-refractivity contribution in [1.29, 1.82) is 0 Å². The van der Waals surface area contributed by atoms with E-state index in [1.54, 1.807) is 24.4 Å². The fourth-order valence-electron chi connectivity index (χ4n) is 4.60. The van der Waals surface area contributed by atoms with Gasteiger partial charge in [-0.2, -0.15) is 8.42 Å². The fraction of sp³-hybridized carbons (Fsp3) is 0.385. The van der Waals surface area contributed by atoms with Gasteiger partial charge >= 0.3 is 0 Å². The van der Waals surface area contributed by atoms with Crippen molar-refractivity contribution in [3.05, 3.63) is 54.2 Å². The molecule has 37 heavy (non-hydrogen) atoms. The van der Waals surface area contributed by atoms with Crippen LogP contribution in [0, 0.1) is 5.92 Å². The number of hydrogen-bond donors (Lipinski definition) is 2. The zero-order valence-corrected chi connectivity index (χ0v) is 22.4. The predicted octanol–water partition coefficient (Wildman–Crippen LogP) is 3.90. The minimum atomic E-state index is -4.25. The Labute approximate surface area is 218 Å². The zero-order valence-electron chi connectivity index (χ0n) is 21.6. The predicted molar refractivity (Wildman–Crippen MR) is 144 cm³/mol. The van der Waals surface area contributed by atoms with E-state index in [1.807, 2.05) is 19.9 Å². The van der Waals surface area contributed by atoms with Crippen LogP contribution in [0.25, 0.3) is 11.3 Å². The lowest BCUT2D eigenvalue weighted by atomic mass is 9.97. The van der Waals surface area contributed by atoms with E-state index in [1.165, 1.54) is 18.2 Å². The Morgan fingerprint density at radius 1 is 1.19 bits per heavy atom. The summed E-state index contributed by atoms with van der Waals surface area (Å²) in [5.74, 6) is 0.513. The summed E-state index contributed by atoms with van der Waals surface area (Å²) < 4.78 is 33.5. The molecule has 1 amide bonds. The maximum atomic E-state index is 13.3. The third-order valence-electron chi connectivity index (χ3n) is 6.08. The Hall–Kier alpha value is -3.73. The number of ether oxygens (including phenoxy) is 1. The average molecular weight is 527 g/mol. The molecule has 1 fully saturated rings. The molecule has 1 atom stereocenters. The van der Waals surface area contributed by atoms with E-state index < -0.39 is 15.9 Å². The second-order valence-electron chi connectivity index (χ2n) is 10.2. The number of nitrogens with two attached hydrogens (primary N) is 1. The van der Waals surface area contributed by atoms with Crippen LogP contribution in [0.4, 0.5) is 11.6 Å². The Morgan fingerprint density at radius 2 is 1.95 bits per heavy atom. The van der Waals surface area contributed by atoms with Crippen LogP contribution in [-0.2, 0) is 10.0 Å². The number of amides is 1. The molecule has 3 aromatic rings. The van der Waals surface area contributed by atoms with E-state index >= 15 is 0 Å². The van der Waals surface area contributed by atoms with Gasteiger partial charge in [-0.25, -0.2) is 19.7 Å². The van der Waals surface area contributed by atoms with Crippen molar-refractivity contribution in [2.75, 3.05) is 17.2 Å². The molecule has 1 aliphatic heterocycles. The van der Waals surface area contributed by atoms with Crippen molar-refractivity contribution < 1.29 is 19.4 Å². The van der Waals surface area contributed by atoms with Gasteiger partial charge in [0.25, 0.3) is 15.9 Å². The molecule has 3 aromatic heterocycles. The van der Waals surface area contributed by atoms with E-state index in [9.17, 15) is 13.2 Å². The highest BCUT2D eigenvalue weighted by Crippen LogP contribution is 2.38. The van der Waals surface area contributed by atoms with Crippen LogP contribution >= 0.6 is 0 Å². The quantitative estimate of drug-likeness (QED) is 0.469. The van der Waals surface area contributed by atoms with E-state index in [0.29, 0.717) is 29.9 Å². The van der Waals surface area contributed by atoms with Gasteiger partial charge in [0.1, 0.15) is 11.6 Å². The zero-order chi connectivity index (χ0) is 27.0. The van der Waals surface area contributed by atoms with Crippen molar-refractivity contribution in [3.63, 3.8) is 0 Å². The molecule has 4 rings (SSSR count). The van der Waals surface area contributed by atoms with Crippen molar-refractivity contribution in [1.82, 2.24) is 19.7 Å². The van der Waals surface area contributed by atoms with E-state index in [2.05, 4.69) is 40.4 Å². The lowest BCUT2D eigenvalue weighted by Gasteiger charge is -2.34. The summed E-state index contributed by atoms with van der Waals surface area (Å²) in [4.78, 5) is 28.4. The first kappa shape index (κ1) is 26.3. The lowest BCUT2D eigenvalue weighted by Crippen LogP contribution is -2.41. The maximum absolute atomic E-state index is 13.3. The first-order chi connectivity index (χ1) is 17.4. The number of carbonyl (C=O) groups excluding carboxylic acids is 1. The van der Waals surface area contributed by atoms with Crippen molar-refractivity contribution in [2.24, 2.45) is 5.92 Å². The molecule has 0 aromatic carbocycles. The van der Waals surface area contributed by atoms with Crippen LogP contribution in [0.15, 0.2) is 53.7 Å². The van der Waals surface area contributed by atoms with Crippen LogP contribution in [-0.4, -0.2) is 47.5 Å². The molecular weight excluding hydrogens is 492 g/mol. The molecule has 0 bridgehead atoms. The molecule has 0 unspecified atom stereocenters. The maximum Gasteiger partial charge on any atom is 0.281 e. The molecule has 0 spiro atoms. The summed E-state index contributed by atoms with van der Waals surface area (Å²) >= 11 is 0. The minimum absolute atomic E-state index is 0. The van der Waals surface area contributed by atoms with Gasteiger partial charge in [-0.05, 0) is 70.4 Å². The molecule has 11 heteroatoms. The second kappa shape index (κ2) is 9.97. The van der Waals surface area contributed by atoms with Gasteiger partial charge in [0, 0.05) is 31.3 Å². The average Bonchev–Trinajstić information content (AvgIpc) is 3.10. The number of anilines is 2. The lowest BCUT2D eigenvalue weighted by molar-refractivity contribution is 0.0981. The number of sulfonamides is 1. The molecule has 0 radical (unpaired) electrons. The van der Waals surface area contributed by atoms with Crippen LogP contribution in [0.3, 0.4) is 0 Å². The number of rotatable bonds is 7. The van der Waals surface area contributed by atoms with E-state index in [0.717, 1.165) is 12.0 Å². The number of nitrogens with zero attached hydrogens (tertiary/aromatic N) is 4. The van der Waals surface area contributed by atoms with Gasteiger partial charge in [0.2, 0.25) is 5.88 Å². The van der Waals surface area contributed by atoms with Gasteiger partial charge in [-0.3, -0.25) is 4.79 Å². The first-order valence-corrected chi connectivity index (χ1v) is 13.6. The van der Waals surface area contributed by atoms with Crippen molar-refractivity contribution in [2.45, 2.75) is 57.7 Å². The molecule has 0 saturated carbocycles. The molecule has 4 heterocycles. The van der Waals surface area contributed by atoms with Crippen LogP contribution in [0.1, 0.15) is 52.8 Å². The number of nitrogens with one attached hydrogen (secondary N) is 1. The second-order valence-corrected chi connectivity index (χ2v) is 11.8. The van der Waals surface area contributed by atoms with E-state index in [4.69, 9.17) is 15.5 Å². The third kappa shape index (κ3) is 5.82. The SMILES string of the molecule is CC(C)Oc1ccc(-c2ccc(C(=O)NS(=O)(=O)c3cccc(N)n3)c(N3C[C@@H](C)CC3(C)C)n2)cn1.[HH]. The largest absolute Gasteiger partial charge is 0.475 e. The third-order valence-corrected chi connectivity index (χ3v) is 7.32. The van der Waals surface area contributed by atoms with Crippen LogP contribution in [0.2, 0.25) is 0 Å². The molecule has 198 valence electrons. The number of nitrogen functional groups attached to an aromatic ring is 1. The first-order valence-electron chi connectivity index (χ1n) is 12.1. The summed E-state index contributed by atoms with van der Waals surface area (Å²) in [6.45, 7) is 10.8. The van der Waals surface area contributed by atoms with E-state index in [-0.39, 0.29) is 29.5 Å². The van der Waals surface area contributed by atoms with Crippen molar-refractivity contribution in [3.8, 4) is 17.1 Å². The fourth-order valence-corrected chi connectivity index (χ4v) is 5.55. The Balaban J connectivity index is 0.00000400. The summed E-state index contributed by atoms with van der Waals surface area (Å²) in [5, 5.41) is -0.336. The normalized spacial score (nSPS) is 17.1. The topological polar surface area (TPSA) is 140 Å². The Kier molecular flexibility index (Phi) is 7.09. The van der Waals surface area contributed by atoms with Gasteiger partial charge in [0.05, 0.1) is 17.4 Å². The van der Waals surface area contributed by atoms with Crippen molar-refractivity contribution >= 4 is 27.6 Å². The summed E-state index contributed by atoms with van der Waals surface area (Å²) in [7, 11) is -4.25. The summed E-state index contributed by atoms with van der Waals surface area (Å²) in [5.41, 5.74) is 6.83. The number of aromatic nitrogens is 3. The highest BCUT2D eigenvalue weighted by atomic mass is 32.2. The number of carbonyl (C=O) groups is 1. The molecule has 1 saturated heterocycles. The molecular formula is C26H34N6O4S. The number of pyridine rings is 3. The summed E-state index contributed by atoms with van der Waals surface area (Å²) in [6, 6.07) is 11.1. The summed E-state index contributed by atoms with van der Waals surface area (Å²) in [6.07, 6.45) is 2.56. The standard InChI is InChI=1S/C26H32N6O4S.H2/c1-16(2)36-22-12-9-18(14-28-22)20-11-10-19(24(29-20)32-15-17(3)13-26(32,4)5)25(33)31-37(34,35)23-8-6-7-21(27)30-23;/h6-12,14,16-17H,13,15H2,1-5H3,(H2,27,30)(H,31,33);1H/t17-;/m0./s1. The van der Waals surface area contributed by atoms with Gasteiger partial charge < -0.3 is 15.4 Å². The van der Waals surface area contributed by atoms with Gasteiger partial charge in [-0.15, -0.1) is 0 Å². The highest BCUT2D eigenvalue weighted by molar-refractivity contribution is 7.90. The monoisotopic (exact) mass is 526 g/mol. The number of hydrogen-bond acceptors (Lipinski definition) is 9. The van der Waals surface area contributed by atoms with Crippen LogP contribution < -0.4 is 20.1 Å². The molecule has 0 aliphatic carbocycles. The molecule has 1 aliphatic rings. The Morgan fingerprint density at radius 3 is 2.54 bits per heavy atom. The Bertz CT molecular complexity index is 1410. The molecule has 10 nitrogen and oxygen atoms in total. The molecule has 3 N–H and O–H groups in total. The van der Waals surface area contributed by atoms with Crippen LogP contribution in [0.5, 0.6) is 5.88 Å². The van der Waals surface area contributed by atoms with Gasteiger partial charge in [0.15, 0.2) is 5.03 Å². The van der Waals surface area contributed by atoms with Gasteiger partial charge in [-0.1, -0.05) is 13.0 Å².